The van der Waals surface area contributed by atoms with E-state index in [1.54, 1.807) is 0 Å². The van der Waals surface area contributed by atoms with Crippen LogP contribution in [0.3, 0.4) is 0 Å². The highest BCUT2D eigenvalue weighted by molar-refractivity contribution is 5.55. The molecule has 0 atom stereocenters. The van der Waals surface area contributed by atoms with E-state index in [0.29, 0.717) is 0 Å². The van der Waals surface area contributed by atoms with Crippen molar-refractivity contribution < 1.29 is 0 Å². The maximum absolute atomic E-state index is 4.25. The predicted molar refractivity (Wildman–Crippen MR) is 91.1 cm³/mol. The van der Waals surface area contributed by atoms with Gasteiger partial charge < -0.3 is 0 Å². The predicted octanol–water partition coefficient (Wildman–Crippen LogP) is 3.25. The number of nitrogens with zero attached hydrogens (tertiary/aromatic N) is 1. The van der Waals surface area contributed by atoms with Crippen LogP contribution in [-0.2, 0) is 13.0 Å². The zero-order valence-corrected chi connectivity index (χ0v) is 13.8. The van der Waals surface area contributed by atoms with Gasteiger partial charge in [-0.15, -0.1) is 0 Å². The van der Waals surface area contributed by atoms with Gasteiger partial charge in [-0.05, 0) is 60.5 Å². The number of benzene rings is 1. The first-order chi connectivity index (χ1) is 9.57. The van der Waals surface area contributed by atoms with E-state index in [2.05, 4.69) is 70.4 Å². The highest BCUT2D eigenvalue weighted by Gasteiger charge is 2.06. The molecule has 0 amide bonds. The standard InChI is InChI=1S/C19H29N/c1-7-11-15(5)19-13-17(8-2)18(12-16(19)6)14-20(9-3)10-4/h7,11-13H,6,8-10,14H2,1-5H3/b11-7-,19-15-. The molecule has 1 heteroatoms. The van der Waals surface area contributed by atoms with Crippen LogP contribution in [0.15, 0.2) is 24.3 Å². The van der Waals surface area contributed by atoms with Gasteiger partial charge in [-0.1, -0.05) is 51.6 Å². The molecule has 0 saturated carbocycles. The fraction of sp³-hybridized carbons (Fsp3) is 0.474. The van der Waals surface area contributed by atoms with Crippen LogP contribution in [0.1, 0.15) is 45.7 Å². The van der Waals surface area contributed by atoms with Crippen molar-refractivity contribution in [3.05, 3.63) is 45.8 Å². The SMILES string of the molecule is C=c1cc(CN(CC)CC)c(CC)c/c1=C(C)/C=C\C. The third-order valence-electron chi connectivity index (χ3n) is 3.94. The molecular formula is C19H29N. The van der Waals surface area contributed by atoms with Crippen LogP contribution in [0, 0.1) is 0 Å². The third kappa shape index (κ3) is 4.08. The molecule has 0 aliphatic heterocycles. The summed E-state index contributed by atoms with van der Waals surface area (Å²) in [4.78, 5) is 2.45. The lowest BCUT2D eigenvalue weighted by atomic mass is 10.00. The molecular weight excluding hydrogens is 242 g/mol. The smallest absolute Gasteiger partial charge is 0.0236 e. The quantitative estimate of drug-likeness (QED) is 0.768. The number of rotatable bonds is 6. The Labute approximate surface area is 124 Å². The van der Waals surface area contributed by atoms with E-state index < -0.39 is 0 Å². The second-order valence-electron chi connectivity index (χ2n) is 5.28. The van der Waals surface area contributed by atoms with Crippen LogP contribution in [-0.4, -0.2) is 18.0 Å². The summed E-state index contributed by atoms with van der Waals surface area (Å²) in [6.45, 7) is 18.4. The van der Waals surface area contributed by atoms with E-state index in [1.165, 1.54) is 21.9 Å². The molecule has 1 rings (SSSR count). The lowest BCUT2D eigenvalue weighted by Crippen LogP contribution is -2.29. The second-order valence-corrected chi connectivity index (χ2v) is 5.28. The minimum atomic E-state index is 1.03. The summed E-state index contributed by atoms with van der Waals surface area (Å²) in [5, 5.41) is 2.42. The summed E-state index contributed by atoms with van der Waals surface area (Å²) < 4.78 is 0. The van der Waals surface area contributed by atoms with E-state index in [1.807, 2.05) is 0 Å². The molecule has 1 nitrogen and oxygen atoms in total. The number of aryl methyl sites for hydroxylation is 1. The summed E-state index contributed by atoms with van der Waals surface area (Å²) in [5.41, 5.74) is 4.17. The molecule has 0 spiro atoms. The molecule has 0 saturated heterocycles. The van der Waals surface area contributed by atoms with Gasteiger partial charge in [-0.25, -0.2) is 0 Å². The molecule has 0 heterocycles. The van der Waals surface area contributed by atoms with Crippen molar-refractivity contribution in [3.63, 3.8) is 0 Å². The summed E-state index contributed by atoms with van der Waals surface area (Å²) in [6, 6.07) is 4.61. The van der Waals surface area contributed by atoms with Crippen LogP contribution in [0.2, 0.25) is 0 Å². The maximum atomic E-state index is 4.25. The van der Waals surface area contributed by atoms with Gasteiger partial charge in [0.05, 0.1) is 0 Å². The first-order valence-electron chi connectivity index (χ1n) is 7.73. The normalized spacial score (nSPS) is 13.3. The minimum Gasteiger partial charge on any atom is -0.300 e. The van der Waals surface area contributed by atoms with Crippen LogP contribution in [0.5, 0.6) is 0 Å². The van der Waals surface area contributed by atoms with Gasteiger partial charge in [0.2, 0.25) is 0 Å². The van der Waals surface area contributed by atoms with Crippen LogP contribution >= 0.6 is 0 Å². The Balaban J connectivity index is 3.34. The second kappa shape index (κ2) is 8.06. The van der Waals surface area contributed by atoms with Gasteiger partial charge in [0.1, 0.15) is 0 Å². The molecule has 20 heavy (non-hydrogen) atoms. The van der Waals surface area contributed by atoms with Crippen molar-refractivity contribution in [1.82, 2.24) is 4.90 Å². The van der Waals surface area contributed by atoms with Crippen molar-refractivity contribution in [2.75, 3.05) is 13.1 Å². The number of allylic oxidation sites excluding steroid dienone is 2. The Hall–Kier alpha value is -1.34. The van der Waals surface area contributed by atoms with Crippen molar-refractivity contribution >= 4 is 12.2 Å². The average Bonchev–Trinajstić information content (AvgIpc) is 2.45. The third-order valence-corrected chi connectivity index (χ3v) is 3.94. The molecule has 0 fully saturated rings. The Kier molecular flexibility index (Phi) is 6.74. The fourth-order valence-electron chi connectivity index (χ4n) is 2.61. The van der Waals surface area contributed by atoms with Crippen molar-refractivity contribution in [2.45, 2.75) is 47.6 Å². The molecule has 110 valence electrons. The Morgan fingerprint density at radius 2 is 1.80 bits per heavy atom. The van der Waals surface area contributed by atoms with Gasteiger partial charge >= 0.3 is 0 Å². The van der Waals surface area contributed by atoms with Crippen molar-refractivity contribution in [3.8, 4) is 0 Å². The highest BCUT2D eigenvalue weighted by atomic mass is 15.1. The number of hydrogen-bond donors (Lipinski definition) is 0. The first kappa shape index (κ1) is 16.7. The monoisotopic (exact) mass is 271 g/mol. The van der Waals surface area contributed by atoms with E-state index >= 15 is 0 Å². The Bertz CT molecular complexity index is 562. The molecule has 0 aliphatic carbocycles. The summed E-state index contributed by atoms with van der Waals surface area (Å²) in [7, 11) is 0. The molecule has 0 bridgehead atoms. The Morgan fingerprint density at radius 1 is 1.15 bits per heavy atom. The van der Waals surface area contributed by atoms with E-state index in [4.69, 9.17) is 0 Å². The lowest BCUT2D eigenvalue weighted by molar-refractivity contribution is 0.295. The molecule has 0 unspecified atom stereocenters. The summed E-state index contributed by atoms with van der Waals surface area (Å²) in [5.74, 6) is 0. The molecule has 1 aromatic rings. The van der Waals surface area contributed by atoms with Crippen molar-refractivity contribution in [1.29, 1.82) is 0 Å². The van der Waals surface area contributed by atoms with Gasteiger partial charge in [-0.2, -0.15) is 0 Å². The zero-order valence-electron chi connectivity index (χ0n) is 13.8. The number of hydrogen-bond acceptors (Lipinski definition) is 1. The van der Waals surface area contributed by atoms with Crippen LogP contribution < -0.4 is 10.4 Å². The largest absolute Gasteiger partial charge is 0.300 e. The van der Waals surface area contributed by atoms with Gasteiger partial charge in [0.15, 0.2) is 0 Å². The molecule has 0 N–H and O–H groups in total. The molecule has 0 aliphatic rings. The van der Waals surface area contributed by atoms with Crippen LogP contribution in [0.25, 0.3) is 12.2 Å². The Morgan fingerprint density at radius 3 is 2.30 bits per heavy atom. The topological polar surface area (TPSA) is 3.24 Å². The highest BCUT2D eigenvalue weighted by Crippen LogP contribution is 2.09. The van der Waals surface area contributed by atoms with Gasteiger partial charge in [-0.3, -0.25) is 4.90 Å². The van der Waals surface area contributed by atoms with E-state index in [9.17, 15) is 0 Å². The van der Waals surface area contributed by atoms with Gasteiger partial charge in [0.25, 0.3) is 0 Å². The van der Waals surface area contributed by atoms with Crippen molar-refractivity contribution in [2.24, 2.45) is 0 Å². The van der Waals surface area contributed by atoms with Crippen LogP contribution in [0.4, 0.5) is 0 Å². The zero-order chi connectivity index (χ0) is 15.1. The summed E-state index contributed by atoms with van der Waals surface area (Å²) >= 11 is 0. The average molecular weight is 271 g/mol. The van der Waals surface area contributed by atoms with E-state index in [0.717, 1.165) is 31.3 Å². The molecule has 0 aromatic heterocycles. The summed E-state index contributed by atoms with van der Waals surface area (Å²) in [6.07, 6.45) is 5.32. The minimum absolute atomic E-state index is 1.03. The fourth-order valence-corrected chi connectivity index (χ4v) is 2.61. The lowest BCUT2D eigenvalue weighted by Gasteiger charge is -2.20. The molecule has 1 aromatic carbocycles. The first-order valence-corrected chi connectivity index (χ1v) is 7.73. The van der Waals surface area contributed by atoms with E-state index in [-0.39, 0.29) is 0 Å². The van der Waals surface area contributed by atoms with Gasteiger partial charge in [0, 0.05) is 6.54 Å². The maximum Gasteiger partial charge on any atom is 0.0236 e. The molecule has 0 radical (unpaired) electrons.